The molecule has 1 aliphatic rings. The molecule has 0 unspecified atom stereocenters. The third-order valence-electron chi connectivity index (χ3n) is 4.99. The first-order valence-electron chi connectivity index (χ1n) is 9.44. The first-order chi connectivity index (χ1) is 12.6. The van der Waals surface area contributed by atoms with Crippen LogP contribution in [-0.4, -0.2) is 16.5 Å². The molecule has 0 N–H and O–H groups in total. The Morgan fingerprint density at radius 3 is 2.69 bits per heavy atom. The minimum atomic E-state index is -0.341. The monoisotopic (exact) mass is 375 g/mol. The number of ketones is 1. The molecule has 0 radical (unpaired) electrons. The smallest absolute Gasteiger partial charge is 0.229 e. The van der Waals surface area contributed by atoms with Gasteiger partial charge < -0.3 is 4.42 Å². The number of carbonyl (C=O) groups excluding carboxylic acids is 1. The zero-order valence-corrected chi connectivity index (χ0v) is 16.1. The van der Waals surface area contributed by atoms with Crippen molar-refractivity contribution in [1.29, 1.82) is 0 Å². The van der Waals surface area contributed by atoms with Crippen molar-refractivity contribution < 1.29 is 13.6 Å². The summed E-state index contributed by atoms with van der Waals surface area (Å²) in [6.45, 7) is 1.83. The first-order valence-corrected chi connectivity index (χ1v) is 10.6. The lowest BCUT2D eigenvalue weighted by Gasteiger charge is -2.12. The van der Waals surface area contributed by atoms with Crippen LogP contribution in [0.3, 0.4) is 0 Å². The second kappa shape index (κ2) is 9.36. The highest BCUT2D eigenvalue weighted by Gasteiger charge is 2.17. The summed E-state index contributed by atoms with van der Waals surface area (Å²) in [7, 11) is 0. The fourth-order valence-electron chi connectivity index (χ4n) is 3.52. The molecule has 1 aromatic carbocycles. The quantitative estimate of drug-likeness (QED) is 0.561. The van der Waals surface area contributed by atoms with Crippen LogP contribution in [0.5, 0.6) is 0 Å². The van der Waals surface area contributed by atoms with Crippen LogP contribution in [0.2, 0.25) is 0 Å². The molecule has 0 amide bonds. The molecule has 0 aliphatic heterocycles. The van der Waals surface area contributed by atoms with E-state index in [0.29, 0.717) is 46.8 Å². The van der Waals surface area contributed by atoms with Crippen LogP contribution in [0.4, 0.5) is 4.39 Å². The van der Waals surface area contributed by atoms with Crippen molar-refractivity contribution >= 4 is 17.5 Å². The van der Waals surface area contributed by atoms with Crippen molar-refractivity contribution in [2.24, 2.45) is 5.92 Å². The number of thioether (sulfide) groups is 1. The molecule has 140 valence electrons. The molecule has 0 spiro atoms. The van der Waals surface area contributed by atoms with E-state index in [1.54, 1.807) is 30.0 Å². The molecule has 2 aromatic rings. The summed E-state index contributed by atoms with van der Waals surface area (Å²) in [5.74, 6) is 2.68. The molecule has 1 aliphatic carbocycles. The third-order valence-corrected chi connectivity index (χ3v) is 5.99. The lowest BCUT2D eigenvalue weighted by Crippen LogP contribution is -2.10. The van der Waals surface area contributed by atoms with Crippen LogP contribution in [0.1, 0.15) is 56.4 Å². The highest BCUT2D eigenvalue weighted by atomic mass is 32.2. The van der Waals surface area contributed by atoms with Gasteiger partial charge in [0.25, 0.3) is 0 Å². The molecule has 3 nitrogen and oxygen atoms in total. The Bertz CT molecular complexity index is 735. The fourth-order valence-corrected chi connectivity index (χ4v) is 4.43. The normalized spacial score (nSPS) is 15.8. The summed E-state index contributed by atoms with van der Waals surface area (Å²) >= 11 is 1.57. The topological polar surface area (TPSA) is 43.1 Å². The van der Waals surface area contributed by atoms with Gasteiger partial charge in [0.15, 0.2) is 0 Å². The Labute approximate surface area is 158 Å². The Kier molecular flexibility index (Phi) is 6.89. The van der Waals surface area contributed by atoms with E-state index in [2.05, 4.69) is 4.98 Å². The van der Waals surface area contributed by atoms with Gasteiger partial charge in [0.05, 0.1) is 17.0 Å². The second-order valence-electron chi connectivity index (χ2n) is 7.09. The molecule has 5 heteroatoms. The van der Waals surface area contributed by atoms with Gasteiger partial charge in [-0.15, -0.1) is 11.8 Å². The van der Waals surface area contributed by atoms with E-state index in [1.807, 2.05) is 6.92 Å². The lowest BCUT2D eigenvalue weighted by molar-refractivity contribution is -0.117. The molecule has 1 fully saturated rings. The minimum Gasteiger partial charge on any atom is -0.441 e. The van der Waals surface area contributed by atoms with Gasteiger partial charge in [-0.2, -0.15) is 0 Å². The van der Waals surface area contributed by atoms with E-state index in [1.165, 1.54) is 44.6 Å². The van der Waals surface area contributed by atoms with Gasteiger partial charge in [-0.25, -0.2) is 9.37 Å². The summed E-state index contributed by atoms with van der Waals surface area (Å²) < 4.78 is 19.5. The molecule has 3 rings (SSSR count). The molecule has 1 aromatic heterocycles. The van der Waals surface area contributed by atoms with E-state index < -0.39 is 0 Å². The highest BCUT2D eigenvalue weighted by Crippen LogP contribution is 2.28. The van der Waals surface area contributed by atoms with Gasteiger partial charge in [-0.1, -0.05) is 50.7 Å². The number of hydrogen-bond acceptors (Lipinski definition) is 4. The van der Waals surface area contributed by atoms with Gasteiger partial charge in [0.1, 0.15) is 17.4 Å². The number of halogens is 1. The average Bonchev–Trinajstić information content (AvgIpc) is 2.82. The largest absolute Gasteiger partial charge is 0.441 e. The van der Waals surface area contributed by atoms with Crippen molar-refractivity contribution in [1.82, 2.24) is 4.98 Å². The standard InChI is InChI=1S/C21H26FNO2S/c1-15-20(23-21(25-15)18-10-6-7-11-19(18)22)14-26-13-17(24)12-16-8-4-2-3-5-9-16/h6-7,10-11,16H,2-5,8-9,12-14H2,1H3. The number of aryl methyl sites for hydroxylation is 1. The van der Waals surface area contributed by atoms with E-state index >= 15 is 0 Å². The Morgan fingerprint density at radius 1 is 1.23 bits per heavy atom. The van der Waals surface area contributed by atoms with Crippen molar-refractivity contribution in [2.45, 2.75) is 57.6 Å². The number of oxazole rings is 1. The van der Waals surface area contributed by atoms with Gasteiger partial charge in [-0.3, -0.25) is 4.79 Å². The van der Waals surface area contributed by atoms with Crippen LogP contribution < -0.4 is 0 Å². The van der Waals surface area contributed by atoms with E-state index in [-0.39, 0.29) is 5.82 Å². The Balaban J connectivity index is 1.50. The maximum absolute atomic E-state index is 13.9. The van der Waals surface area contributed by atoms with E-state index in [9.17, 15) is 9.18 Å². The van der Waals surface area contributed by atoms with E-state index in [4.69, 9.17) is 4.42 Å². The molecule has 0 saturated heterocycles. The summed E-state index contributed by atoms with van der Waals surface area (Å²) in [6, 6.07) is 6.47. The molecular formula is C21H26FNO2S. The summed E-state index contributed by atoms with van der Waals surface area (Å²) in [5.41, 5.74) is 1.16. The van der Waals surface area contributed by atoms with Crippen molar-refractivity contribution in [3.63, 3.8) is 0 Å². The summed E-state index contributed by atoms with van der Waals surface area (Å²) in [5, 5.41) is 0. The Hall–Kier alpha value is -1.62. The maximum Gasteiger partial charge on any atom is 0.229 e. The molecular weight excluding hydrogens is 349 g/mol. The Morgan fingerprint density at radius 2 is 1.96 bits per heavy atom. The first kappa shape index (κ1) is 19.2. The fraction of sp³-hybridized carbons (Fsp3) is 0.524. The minimum absolute atomic E-state index is 0.306. The number of carbonyl (C=O) groups is 1. The molecule has 0 bridgehead atoms. The van der Waals surface area contributed by atoms with Crippen LogP contribution in [0, 0.1) is 18.7 Å². The van der Waals surface area contributed by atoms with Crippen molar-refractivity contribution in [2.75, 3.05) is 5.75 Å². The number of rotatable bonds is 7. The number of aromatic nitrogens is 1. The maximum atomic E-state index is 13.9. The van der Waals surface area contributed by atoms with Crippen LogP contribution in [0.15, 0.2) is 28.7 Å². The zero-order chi connectivity index (χ0) is 18.4. The number of benzene rings is 1. The summed E-state index contributed by atoms with van der Waals surface area (Å²) in [4.78, 5) is 16.7. The third kappa shape index (κ3) is 5.19. The average molecular weight is 376 g/mol. The van der Waals surface area contributed by atoms with Crippen molar-refractivity contribution in [3.8, 4) is 11.5 Å². The second-order valence-corrected chi connectivity index (χ2v) is 8.08. The molecule has 26 heavy (non-hydrogen) atoms. The summed E-state index contributed by atoms with van der Waals surface area (Å²) in [6.07, 6.45) is 8.27. The van der Waals surface area contributed by atoms with Crippen LogP contribution in [-0.2, 0) is 10.5 Å². The van der Waals surface area contributed by atoms with Gasteiger partial charge in [0.2, 0.25) is 5.89 Å². The van der Waals surface area contributed by atoms with Crippen LogP contribution >= 0.6 is 11.8 Å². The molecule has 1 saturated carbocycles. The van der Waals surface area contributed by atoms with Gasteiger partial charge >= 0.3 is 0 Å². The van der Waals surface area contributed by atoms with Gasteiger partial charge in [0, 0.05) is 12.2 Å². The highest BCUT2D eigenvalue weighted by molar-refractivity contribution is 7.99. The van der Waals surface area contributed by atoms with Crippen molar-refractivity contribution in [3.05, 3.63) is 41.5 Å². The van der Waals surface area contributed by atoms with Crippen LogP contribution in [0.25, 0.3) is 11.5 Å². The zero-order valence-electron chi connectivity index (χ0n) is 15.3. The molecule has 0 atom stereocenters. The number of Topliss-reactive ketones (excluding diaryl/α,β-unsaturated/α-hetero) is 1. The lowest BCUT2D eigenvalue weighted by atomic mass is 9.95. The van der Waals surface area contributed by atoms with Gasteiger partial charge in [-0.05, 0) is 25.0 Å². The predicted molar refractivity (Wildman–Crippen MR) is 104 cm³/mol. The van der Waals surface area contributed by atoms with E-state index in [0.717, 1.165) is 5.69 Å². The molecule has 1 heterocycles. The predicted octanol–water partition coefficient (Wildman–Crippen LogP) is 5.95. The number of nitrogens with zero attached hydrogens (tertiary/aromatic N) is 1. The number of hydrogen-bond donors (Lipinski definition) is 0. The SMILES string of the molecule is Cc1oc(-c2ccccc2F)nc1CSCC(=O)CC1CCCCCC1.